The molecule has 5 nitrogen and oxygen atoms in total. The Morgan fingerprint density at radius 1 is 1.29 bits per heavy atom. The molecule has 0 aliphatic heterocycles. The van der Waals surface area contributed by atoms with E-state index in [4.69, 9.17) is 15.3 Å². The van der Waals surface area contributed by atoms with Crippen LogP contribution in [-0.2, 0) is 0 Å². The molecule has 0 aliphatic rings. The van der Waals surface area contributed by atoms with Gasteiger partial charge in [-0.3, -0.25) is 0 Å². The fraction of sp³-hybridized carbons (Fsp3) is 0. The Balaban J connectivity index is -0.0000000150. The molecule has 0 rings (SSSR count). The molecule has 0 aromatic heterocycles. The molecule has 0 saturated heterocycles. The van der Waals surface area contributed by atoms with Crippen LogP contribution in [0.25, 0.3) is 0 Å². The molecular formula is H4BrN2NaO3. The molecule has 4 N–H and O–H groups in total. The van der Waals surface area contributed by atoms with Crippen LogP contribution in [0.1, 0.15) is 0 Å². The van der Waals surface area contributed by atoms with Gasteiger partial charge in [0, 0.05) is 0 Å². The van der Waals surface area contributed by atoms with E-state index in [9.17, 15) is 0 Å². The van der Waals surface area contributed by atoms with Crippen LogP contribution in [0.3, 0.4) is 0 Å². The Hall–Kier alpha value is 0.640. The summed E-state index contributed by atoms with van der Waals surface area (Å²) in [4.78, 5) is 8.25. The molecule has 7 heteroatoms. The molecule has 0 aromatic rings. The largest absolute Gasteiger partial charge is 1.00 e. The molecule has 0 heterocycles. The van der Waals surface area contributed by atoms with Crippen LogP contribution in [0.2, 0.25) is 0 Å². The second kappa shape index (κ2) is 15.9. The van der Waals surface area contributed by atoms with E-state index in [0.29, 0.717) is 0 Å². The van der Waals surface area contributed by atoms with E-state index < -0.39 is 5.09 Å². The maximum atomic E-state index is 8.25. The van der Waals surface area contributed by atoms with E-state index in [-0.39, 0.29) is 52.7 Å². The van der Waals surface area contributed by atoms with Crippen molar-refractivity contribution in [2.45, 2.75) is 0 Å². The monoisotopic (exact) mass is 182 g/mol. The summed E-state index contributed by atoms with van der Waals surface area (Å²) in [6, 6.07) is 0. The Morgan fingerprint density at radius 2 is 1.29 bits per heavy atom. The van der Waals surface area contributed by atoms with Gasteiger partial charge in [-0.15, -0.1) is 0 Å². The fourth-order valence-corrected chi connectivity index (χ4v) is 0. The van der Waals surface area contributed by atoms with Gasteiger partial charge in [-0.2, -0.15) is 0 Å². The molecule has 0 bridgehead atoms. The summed E-state index contributed by atoms with van der Waals surface area (Å²) in [6.45, 7) is 0. The maximum absolute atomic E-state index is 8.25. The SMILES string of the molecule is O=[N+]([O-])[O-].[Br-].[NH4+].[Na+]. The van der Waals surface area contributed by atoms with Crippen LogP contribution < -0.4 is 52.7 Å². The van der Waals surface area contributed by atoms with Crippen LogP contribution in [0.15, 0.2) is 0 Å². The molecule has 0 radical (unpaired) electrons. The van der Waals surface area contributed by atoms with Gasteiger partial charge < -0.3 is 38.5 Å². The van der Waals surface area contributed by atoms with Crippen molar-refractivity contribution >= 4 is 0 Å². The van der Waals surface area contributed by atoms with Gasteiger partial charge in [0.1, 0.15) is 0 Å². The zero-order valence-corrected chi connectivity index (χ0v) is 7.64. The summed E-state index contributed by atoms with van der Waals surface area (Å²) >= 11 is 0. The van der Waals surface area contributed by atoms with Crippen molar-refractivity contribution in [1.29, 1.82) is 0 Å². The molecular weight excluding hydrogens is 179 g/mol. The van der Waals surface area contributed by atoms with Crippen molar-refractivity contribution in [2.24, 2.45) is 0 Å². The fourth-order valence-electron chi connectivity index (χ4n) is 0. The standard InChI is InChI=1S/BrH.NO3.H3N.Na/c;2-1(3)4;;/h1H;;1H3;/q;-1;;+1. The smallest absolute Gasteiger partial charge is 1.00 e. The first kappa shape index (κ1) is 25.4. The van der Waals surface area contributed by atoms with Gasteiger partial charge in [0.2, 0.25) is 0 Å². The third-order valence-electron chi connectivity index (χ3n) is 0. The number of quaternary nitrogens is 1. The van der Waals surface area contributed by atoms with E-state index >= 15 is 0 Å². The first-order valence-electron chi connectivity index (χ1n) is 0.548. The Labute approximate surface area is 72.8 Å². The molecule has 0 aliphatic carbocycles. The number of nitrogens with zero attached hydrogens (tertiary/aromatic N) is 1. The van der Waals surface area contributed by atoms with Crippen LogP contribution in [0, 0.1) is 15.3 Å². The van der Waals surface area contributed by atoms with E-state index in [1.165, 1.54) is 0 Å². The summed E-state index contributed by atoms with van der Waals surface area (Å²) in [5.41, 5.74) is 0. The van der Waals surface area contributed by atoms with E-state index in [1.54, 1.807) is 0 Å². The minimum absolute atomic E-state index is 0. The van der Waals surface area contributed by atoms with Crippen molar-refractivity contribution < 1.29 is 51.6 Å². The summed E-state index contributed by atoms with van der Waals surface area (Å²) < 4.78 is 0. The number of halogens is 1. The number of rotatable bonds is 0. The Morgan fingerprint density at radius 3 is 1.29 bits per heavy atom. The van der Waals surface area contributed by atoms with Gasteiger partial charge in [0.05, 0.1) is 5.09 Å². The van der Waals surface area contributed by atoms with Crippen molar-refractivity contribution in [3.63, 3.8) is 0 Å². The minimum atomic E-state index is -1.75. The first-order chi connectivity index (χ1) is 1.73. The van der Waals surface area contributed by atoms with Crippen LogP contribution in [0.4, 0.5) is 0 Å². The van der Waals surface area contributed by atoms with Gasteiger partial charge in [-0.05, 0) is 0 Å². The predicted octanol–water partition coefficient (Wildman–Crippen LogP) is -5.85. The van der Waals surface area contributed by atoms with Gasteiger partial charge >= 0.3 is 29.6 Å². The van der Waals surface area contributed by atoms with E-state index in [0.717, 1.165) is 0 Å². The summed E-state index contributed by atoms with van der Waals surface area (Å²) in [7, 11) is 0. The molecule has 7 heavy (non-hydrogen) atoms. The molecule has 0 atom stereocenters. The third-order valence-corrected chi connectivity index (χ3v) is 0. The van der Waals surface area contributed by atoms with Gasteiger partial charge in [-0.25, -0.2) is 0 Å². The molecule has 0 spiro atoms. The van der Waals surface area contributed by atoms with Crippen LogP contribution in [-0.4, -0.2) is 5.09 Å². The van der Waals surface area contributed by atoms with Crippen molar-refractivity contribution in [2.75, 3.05) is 0 Å². The third kappa shape index (κ3) is 349. The van der Waals surface area contributed by atoms with Crippen LogP contribution >= 0.6 is 0 Å². The number of hydrogen-bond acceptors (Lipinski definition) is 3. The van der Waals surface area contributed by atoms with Gasteiger partial charge in [0.25, 0.3) is 0 Å². The molecule has 0 aromatic carbocycles. The Kier molecular flexibility index (Phi) is 57.9. The summed E-state index contributed by atoms with van der Waals surface area (Å²) in [6.07, 6.45) is 0. The second-order valence-electron chi connectivity index (χ2n) is 0.224. The normalized spacial score (nSPS) is 3.43. The van der Waals surface area contributed by atoms with Crippen LogP contribution in [0.5, 0.6) is 0 Å². The van der Waals surface area contributed by atoms with Crippen molar-refractivity contribution in [3.05, 3.63) is 15.3 Å². The summed E-state index contributed by atoms with van der Waals surface area (Å²) in [5.74, 6) is 0. The molecule has 0 amide bonds. The molecule has 0 fully saturated rings. The zero-order valence-electron chi connectivity index (χ0n) is 4.05. The first-order valence-corrected chi connectivity index (χ1v) is 0.548. The predicted molar refractivity (Wildman–Crippen MR) is 16.3 cm³/mol. The average molecular weight is 183 g/mol. The zero-order chi connectivity index (χ0) is 3.58. The topological polar surface area (TPSA) is 103 Å². The van der Waals surface area contributed by atoms with Gasteiger partial charge in [-0.1, -0.05) is 0 Å². The molecule has 0 saturated carbocycles. The minimum Gasteiger partial charge on any atom is -1.00 e. The van der Waals surface area contributed by atoms with E-state index in [1.807, 2.05) is 0 Å². The Bertz CT molecular complexity index is 35.9. The number of hydrogen-bond donors (Lipinski definition) is 1. The van der Waals surface area contributed by atoms with Crippen molar-refractivity contribution in [3.8, 4) is 0 Å². The van der Waals surface area contributed by atoms with E-state index in [2.05, 4.69) is 0 Å². The quantitative estimate of drug-likeness (QED) is 0.229. The van der Waals surface area contributed by atoms with Crippen molar-refractivity contribution in [1.82, 2.24) is 6.15 Å². The summed E-state index contributed by atoms with van der Waals surface area (Å²) in [5, 5.41) is 14.8. The average Bonchev–Trinajstić information content (AvgIpc) is 0.811. The maximum Gasteiger partial charge on any atom is 1.00 e. The van der Waals surface area contributed by atoms with Gasteiger partial charge in [0.15, 0.2) is 0 Å². The molecule has 0 unspecified atom stereocenters. The molecule has 40 valence electrons. The second-order valence-corrected chi connectivity index (χ2v) is 0.224.